The first-order valence-corrected chi connectivity index (χ1v) is 7.20. The second-order valence-corrected chi connectivity index (χ2v) is 4.95. The molecule has 2 aromatic carbocycles. The molecule has 4 nitrogen and oxygen atoms in total. The largest absolute Gasteiger partial charge is 0.462 e. The van der Waals surface area contributed by atoms with Crippen LogP contribution in [-0.2, 0) is 4.74 Å². The van der Waals surface area contributed by atoms with Gasteiger partial charge in [0.25, 0.3) is 0 Å². The van der Waals surface area contributed by atoms with Crippen molar-refractivity contribution < 1.29 is 18.3 Å². The molecule has 0 heterocycles. The molecule has 0 radical (unpaired) electrons. The second kappa shape index (κ2) is 7.64. The summed E-state index contributed by atoms with van der Waals surface area (Å²) in [7, 11) is 0. The molecule has 2 rings (SSSR count). The monoisotopic (exact) mass is 336 g/mol. The van der Waals surface area contributed by atoms with Crippen molar-refractivity contribution in [3.8, 4) is 0 Å². The minimum atomic E-state index is -0.709. The summed E-state index contributed by atoms with van der Waals surface area (Å²) in [5, 5.41) is 5.64. The maximum Gasteiger partial charge on any atom is 0.338 e. The Balaban J connectivity index is 2.05. The van der Waals surface area contributed by atoms with Gasteiger partial charge in [0.2, 0.25) is 0 Å². The number of halogens is 2. The van der Waals surface area contributed by atoms with Crippen molar-refractivity contribution in [1.29, 1.82) is 0 Å². The van der Waals surface area contributed by atoms with E-state index in [0.717, 1.165) is 18.2 Å². The van der Waals surface area contributed by atoms with Gasteiger partial charge in [-0.25, -0.2) is 13.6 Å². The van der Waals surface area contributed by atoms with E-state index in [1.807, 2.05) is 0 Å². The quantitative estimate of drug-likeness (QED) is 0.654. The maximum atomic E-state index is 13.1. The minimum absolute atomic E-state index is 0.135. The number of carbonyl (C=O) groups excluding carboxylic acids is 1. The Bertz CT molecular complexity index is 718. The van der Waals surface area contributed by atoms with Gasteiger partial charge in [-0.1, -0.05) is 6.07 Å². The first-order chi connectivity index (χ1) is 11.0. The van der Waals surface area contributed by atoms with Crippen molar-refractivity contribution in [1.82, 2.24) is 0 Å². The normalized spacial score (nSPS) is 10.0. The maximum absolute atomic E-state index is 13.1. The average molecular weight is 336 g/mol. The molecule has 23 heavy (non-hydrogen) atoms. The van der Waals surface area contributed by atoms with Gasteiger partial charge in [0.05, 0.1) is 12.2 Å². The van der Waals surface area contributed by atoms with Gasteiger partial charge in [-0.05, 0) is 49.5 Å². The van der Waals surface area contributed by atoms with Crippen LogP contribution in [0.25, 0.3) is 0 Å². The Hall–Kier alpha value is -2.54. The third kappa shape index (κ3) is 5.00. The van der Waals surface area contributed by atoms with E-state index in [-0.39, 0.29) is 17.4 Å². The number of anilines is 2. The number of thiocarbonyl (C=S) groups is 1. The summed E-state index contributed by atoms with van der Waals surface area (Å²) in [4.78, 5) is 11.7. The number of hydrogen-bond acceptors (Lipinski definition) is 3. The molecule has 0 bridgehead atoms. The van der Waals surface area contributed by atoms with E-state index in [0.29, 0.717) is 11.3 Å². The number of ether oxygens (including phenoxy) is 1. The third-order valence-corrected chi connectivity index (χ3v) is 2.96. The zero-order valence-corrected chi connectivity index (χ0v) is 13.0. The molecule has 0 atom stereocenters. The van der Waals surface area contributed by atoms with Crippen molar-refractivity contribution in [3.05, 3.63) is 59.7 Å². The fraction of sp³-hybridized carbons (Fsp3) is 0.125. The lowest BCUT2D eigenvalue weighted by Crippen LogP contribution is -2.19. The molecule has 0 unspecified atom stereocenters. The molecule has 0 spiro atoms. The Morgan fingerprint density at radius 2 is 1.74 bits per heavy atom. The van der Waals surface area contributed by atoms with Crippen LogP contribution in [0, 0.1) is 11.6 Å². The van der Waals surface area contributed by atoms with Crippen LogP contribution >= 0.6 is 12.2 Å². The lowest BCUT2D eigenvalue weighted by atomic mass is 10.2. The van der Waals surface area contributed by atoms with E-state index in [1.165, 1.54) is 0 Å². The Labute approximate surface area is 137 Å². The van der Waals surface area contributed by atoms with E-state index in [4.69, 9.17) is 17.0 Å². The van der Waals surface area contributed by atoms with Crippen LogP contribution in [0.2, 0.25) is 0 Å². The topological polar surface area (TPSA) is 50.4 Å². The number of nitrogens with one attached hydrogen (secondary N) is 2. The lowest BCUT2D eigenvalue weighted by molar-refractivity contribution is 0.0526. The fourth-order valence-electron chi connectivity index (χ4n) is 1.86. The van der Waals surface area contributed by atoms with Crippen LogP contribution in [-0.4, -0.2) is 17.7 Å². The van der Waals surface area contributed by atoms with Crippen LogP contribution < -0.4 is 10.6 Å². The third-order valence-electron chi connectivity index (χ3n) is 2.75. The van der Waals surface area contributed by atoms with Gasteiger partial charge in [-0.3, -0.25) is 0 Å². The average Bonchev–Trinajstić information content (AvgIpc) is 2.46. The molecule has 0 aliphatic heterocycles. The standard InChI is InChI=1S/C16H14F2N2O2S/c1-2-22-15(21)10-4-3-5-13(6-10)19-16(23)20-14-8-11(17)7-12(18)9-14/h3-9H,2H2,1H3,(H2,19,20,23). The van der Waals surface area contributed by atoms with Gasteiger partial charge in [0, 0.05) is 17.4 Å². The first kappa shape index (κ1) is 16.8. The van der Waals surface area contributed by atoms with Gasteiger partial charge in [0.15, 0.2) is 5.11 Å². The highest BCUT2D eigenvalue weighted by Crippen LogP contribution is 2.15. The molecule has 0 aliphatic carbocycles. The predicted octanol–water partition coefficient (Wildman–Crippen LogP) is 3.95. The first-order valence-electron chi connectivity index (χ1n) is 6.79. The summed E-state index contributed by atoms with van der Waals surface area (Å²) in [6.45, 7) is 2.00. The molecule has 0 saturated carbocycles. The summed E-state index contributed by atoms with van der Waals surface area (Å²) >= 11 is 5.08. The Morgan fingerprint density at radius 1 is 1.09 bits per heavy atom. The lowest BCUT2D eigenvalue weighted by Gasteiger charge is -2.11. The van der Waals surface area contributed by atoms with Gasteiger partial charge < -0.3 is 15.4 Å². The molecule has 0 aliphatic rings. The van der Waals surface area contributed by atoms with E-state index >= 15 is 0 Å². The van der Waals surface area contributed by atoms with E-state index in [9.17, 15) is 13.6 Å². The molecule has 0 fully saturated rings. The predicted molar refractivity (Wildman–Crippen MR) is 88.6 cm³/mol. The van der Waals surface area contributed by atoms with Gasteiger partial charge >= 0.3 is 5.97 Å². The molecule has 0 amide bonds. The van der Waals surface area contributed by atoms with Gasteiger partial charge in [0.1, 0.15) is 11.6 Å². The minimum Gasteiger partial charge on any atom is -0.462 e. The van der Waals surface area contributed by atoms with Crippen molar-refractivity contribution in [2.45, 2.75) is 6.92 Å². The van der Waals surface area contributed by atoms with Gasteiger partial charge in [-0.2, -0.15) is 0 Å². The zero-order chi connectivity index (χ0) is 16.8. The highest BCUT2D eigenvalue weighted by Gasteiger charge is 2.08. The SMILES string of the molecule is CCOC(=O)c1cccc(NC(=S)Nc2cc(F)cc(F)c2)c1. The van der Waals surface area contributed by atoms with Crippen LogP contribution in [0.3, 0.4) is 0 Å². The van der Waals surface area contributed by atoms with Crippen LogP contribution in [0.15, 0.2) is 42.5 Å². The van der Waals surface area contributed by atoms with Crippen LogP contribution in [0.4, 0.5) is 20.2 Å². The summed E-state index contributed by atoms with van der Waals surface area (Å²) < 4.78 is 31.2. The Morgan fingerprint density at radius 3 is 2.39 bits per heavy atom. The molecule has 2 N–H and O–H groups in total. The smallest absolute Gasteiger partial charge is 0.338 e. The summed E-state index contributed by atoms with van der Waals surface area (Å²) in [6, 6.07) is 9.55. The summed E-state index contributed by atoms with van der Waals surface area (Å²) in [5.74, 6) is -1.86. The second-order valence-electron chi connectivity index (χ2n) is 4.54. The molecule has 120 valence electrons. The highest BCUT2D eigenvalue weighted by molar-refractivity contribution is 7.80. The van der Waals surface area contributed by atoms with Crippen molar-refractivity contribution in [3.63, 3.8) is 0 Å². The molecule has 0 aromatic heterocycles. The Kier molecular flexibility index (Phi) is 5.59. The number of rotatable bonds is 4. The van der Waals surface area contributed by atoms with E-state index < -0.39 is 17.6 Å². The van der Waals surface area contributed by atoms with Crippen molar-refractivity contribution in [2.24, 2.45) is 0 Å². The zero-order valence-electron chi connectivity index (χ0n) is 12.2. The van der Waals surface area contributed by atoms with Crippen LogP contribution in [0.5, 0.6) is 0 Å². The molecular weight excluding hydrogens is 322 g/mol. The fourth-order valence-corrected chi connectivity index (χ4v) is 2.09. The molecule has 2 aromatic rings. The molecule has 0 saturated heterocycles. The van der Waals surface area contributed by atoms with Crippen molar-refractivity contribution >= 4 is 34.7 Å². The highest BCUT2D eigenvalue weighted by atomic mass is 32.1. The van der Waals surface area contributed by atoms with E-state index in [2.05, 4.69) is 10.6 Å². The van der Waals surface area contributed by atoms with Gasteiger partial charge in [-0.15, -0.1) is 0 Å². The summed E-state index contributed by atoms with van der Waals surface area (Å²) in [5.41, 5.74) is 1.10. The molecular formula is C16H14F2N2O2S. The summed E-state index contributed by atoms with van der Waals surface area (Å²) in [6.07, 6.45) is 0. The molecule has 7 heteroatoms. The van der Waals surface area contributed by atoms with E-state index in [1.54, 1.807) is 31.2 Å². The number of hydrogen-bond donors (Lipinski definition) is 2. The number of carbonyl (C=O) groups is 1. The van der Waals surface area contributed by atoms with Crippen molar-refractivity contribution in [2.75, 3.05) is 17.2 Å². The number of esters is 1. The number of benzene rings is 2. The van der Waals surface area contributed by atoms with Crippen LogP contribution in [0.1, 0.15) is 17.3 Å².